The molecule has 0 heterocycles. The number of ether oxygens (including phenoxy) is 1. The van der Waals surface area contributed by atoms with Crippen molar-refractivity contribution < 1.29 is 9.53 Å². The van der Waals surface area contributed by atoms with Crippen LogP contribution >= 0.6 is 34.2 Å². The molecule has 0 saturated carbocycles. The maximum atomic E-state index is 11.5. The van der Waals surface area contributed by atoms with Crippen LogP contribution in [0.4, 0.5) is 0 Å². The number of benzene rings is 1. The van der Waals surface area contributed by atoms with Gasteiger partial charge in [-0.05, 0) is 41.6 Å². The predicted molar refractivity (Wildman–Crippen MR) is 64.8 cm³/mol. The largest absolute Gasteiger partial charge is 0.462 e. The summed E-state index contributed by atoms with van der Waals surface area (Å²) in [5.74, 6) is -0.519. The first kappa shape index (κ1) is 12.3. The van der Waals surface area contributed by atoms with Crippen molar-refractivity contribution in [3.05, 3.63) is 31.9 Å². The maximum Gasteiger partial charge on any atom is 0.339 e. The fourth-order valence-corrected chi connectivity index (χ4v) is 2.21. The Labute approximate surface area is 106 Å². The zero-order chi connectivity index (χ0) is 11.4. The third kappa shape index (κ3) is 2.83. The first-order chi connectivity index (χ1) is 7.10. The number of hydrogen-bond donors (Lipinski definition) is 0. The molecule has 0 amide bonds. The molecule has 78 valence electrons. The summed E-state index contributed by atoms with van der Waals surface area (Å²) in [5, 5.41) is 9.32. The van der Waals surface area contributed by atoms with Gasteiger partial charge in [-0.1, -0.05) is 11.6 Å². The summed E-state index contributed by atoms with van der Waals surface area (Å²) < 4.78 is 5.47. The molecule has 0 aliphatic carbocycles. The van der Waals surface area contributed by atoms with Crippen LogP contribution in [-0.2, 0) is 4.74 Å². The molecule has 0 unspecified atom stereocenters. The lowest BCUT2D eigenvalue weighted by atomic mass is 10.1. The number of carbonyl (C=O) groups excluding carboxylic acids is 1. The number of halogens is 2. The Kier molecular flexibility index (Phi) is 4.36. The number of nitriles is 1. The van der Waals surface area contributed by atoms with Crippen LogP contribution in [0.3, 0.4) is 0 Å². The van der Waals surface area contributed by atoms with E-state index in [-0.39, 0.29) is 12.2 Å². The van der Waals surface area contributed by atoms with E-state index in [0.29, 0.717) is 14.2 Å². The Morgan fingerprint density at radius 2 is 2.33 bits per heavy atom. The first-order valence-corrected chi connectivity index (χ1v) is 5.62. The minimum absolute atomic E-state index is 0.219. The van der Waals surface area contributed by atoms with Crippen LogP contribution in [0.5, 0.6) is 0 Å². The van der Waals surface area contributed by atoms with Crippen molar-refractivity contribution in [3.8, 4) is 6.07 Å². The summed E-state index contributed by atoms with van der Waals surface area (Å²) >= 11 is 7.76. The Bertz CT molecular complexity index is 440. The van der Waals surface area contributed by atoms with Crippen LogP contribution in [0, 0.1) is 14.9 Å². The van der Waals surface area contributed by atoms with Crippen molar-refractivity contribution in [1.82, 2.24) is 0 Å². The van der Waals surface area contributed by atoms with Gasteiger partial charge in [-0.25, -0.2) is 4.79 Å². The van der Waals surface area contributed by atoms with Gasteiger partial charge in [-0.2, -0.15) is 5.26 Å². The molecule has 1 aromatic carbocycles. The maximum absolute atomic E-state index is 11.5. The van der Waals surface area contributed by atoms with Gasteiger partial charge in [0, 0.05) is 8.59 Å². The monoisotopic (exact) mass is 335 g/mol. The predicted octanol–water partition coefficient (Wildman–Crippen LogP) is 2.99. The molecule has 0 N–H and O–H groups in total. The van der Waals surface area contributed by atoms with Crippen LogP contribution in [0.25, 0.3) is 0 Å². The van der Waals surface area contributed by atoms with Crippen molar-refractivity contribution in [2.45, 2.75) is 6.92 Å². The molecule has 1 rings (SSSR count). The van der Waals surface area contributed by atoms with Crippen molar-refractivity contribution in [1.29, 1.82) is 5.26 Å². The van der Waals surface area contributed by atoms with Gasteiger partial charge in [0.05, 0.1) is 17.7 Å². The molecule has 15 heavy (non-hydrogen) atoms. The highest BCUT2D eigenvalue weighted by molar-refractivity contribution is 14.1. The first-order valence-electron chi connectivity index (χ1n) is 4.16. The summed E-state index contributed by atoms with van der Waals surface area (Å²) in [5.41, 5.74) is 0.523. The van der Waals surface area contributed by atoms with E-state index in [1.807, 2.05) is 28.7 Å². The van der Waals surface area contributed by atoms with Crippen LogP contribution in [0.15, 0.2) is 12.1 Å². The minimum Gasteiger partial charge on any atom is -0.462 e. The quantitative estimate of drug-likeness (QED) is 0.617. The lowest BCUT2D eigenvalue weighted by Crippen LogP contribution is -2.08. The van der Waals surface area contributed by atoms with Crippen LogP contribution in [0.2, 0.25) is 5.02 Å². The summed E-state index contributed by atoms with van der Waals surface area (Å²) in [6, 6.07) is 5.04. The van der Waals surface area contributed by atoms with Crippen LogP contribution in [0.1, 0.15) is 22.8 Å². The third-order valence-electron chi connectivity index (χ3n) is 1.66. The molecule has 0 aliphatic rings. The Hall–Kier alpha value is -0.800. The normalized spacial score (nSPS) is 9.47. The average molecular weight is 336 g/mol. The van der Waals surface area contributed by atoms with Gasteiger partial charge < -0.3 is 4.74 Å². The van der Waals surface area contributed by atoms with E-state index in [0.717, 1.165) is 0 Å². The van der Waals surface area contributed by atoms with Crippen LogP contribution in [-0.4, -0.2) is 12.6 Å². The lowest BCUT2D eigenvalue weighted by Gasteiger charge is -2.05. The van der Waals surface area contributed by atoms with Gasteiger partial charge in [-0.15, -0.1) is 0 Å². The summed E-state index contributed by atoms with van der Waals surface area (Å²) in [6.07, 6.45) is 0. The van der Waals surface area contributed by atoms with E-state index in [2.05, 4.69) is 0 Å². The van der Waals surface area contributed by atoms with E-state index in [1.54, 1.807) is 13.0 Å². The number of rotatable bonds is 2. The fourth-order valence-electron chi connectivity index (χ4n) is 1.06. The zero-order valence-corrected chi connectivity index (χ0v) is 10.8. The smallest absolute Gasteiger partial charge is 0.339 e. The molecular weight excluding hydrogens is 328 g/mol. The Balaban J connectivity index is 3.28. The minimum atomic E-state index is -0.519. The van der Waals surface area contributed by atoms with Crippen molar-refractivity contribution in [3.63, 3.8) is 0 Å². The van der Waals surface area contributed by atoms with Gasteiger partial charge in [0.1, 0.15) is 6.07 Å². The molecule has 0 saturated heterocycles. The van der Waals surface area contributed by atoms with Crippen molar-refractivity contribution in [2.24, 2.45) is 0 Å². The molecule has 0 spiro atoms. The van der Waals surface area contributed by atoms with E-state index in [4.69, 9.17) is 21.6 Å². The number of nitrogens with zero attached hydrogens (tertiary/aromatic N) is 1. The molecular formula is C10H7ClINO2. The number of hydrogen-bond acceptors (Lipinski definition) is 3. The van der Waals surface area contributed by atoms with Gasteiger partial charge in [0.15, 0.2) is 0 Å². The van der Waals surface area contributed by atoms with E-state index in [9.17, 15) is 4.79 Å². The number of carbonyl (C=O) groups is 1. The van der Waals surface area contributed by atoms with Gasteiger partial charge in [0.2, 0.25) is 0 Å². The topological polar surface area (TPSA) is 50.1 Å². The van der Waals surface area contributed by atoms with Gasteiger partial charge >= 0.3 is 5.97 Å². The highest BCUT2D eigenvalue weighted by atomic mass is 127. The second-order valence-electron chi connectivity index (χ2n) is 2.64. The summed E-state index contributed by atoms with van der Waals surface area (Å²) in [4.78, 5) is 11.5. The van der Waals surface area contributed by atoms with Gasteiger partial charge in [-0.3, -0.25) is 0 Å². The second kappa shape index (κ2) is 5.33. The highest BCUT2D eigenvalue weighted by Gasteiger charge is 2.16. The molecule has 1 aromatic rings. The molecule has 3 nitrogen and oxygen atoms in total. The summed E-state index contributed by atoms with van der Waals surface area (Å²) in [7, 11) is 0. The fraction of sp³-hybridized carbons (Fsp3) is 0.200. The molecule has 0 atom stereocenters. The highest BCUT2D eigenvalue weighted by Crippen LogP contribution is 2.22. The lowest BCUT2D eigenvalue weighted by molar-refractivity contribution is 0.0526. The Morgan fingerprint density at radius 1 is 1.67 bits per heavy atom. The molecule has 0 bridgehead atoms. The van der Waals surface area contributed by atoms with Crippen molar-refractivity contribution in [2.75, 3.05) is 6.61 Å². The SMILES string of the molecule is CCOC(=O)c1cc(Cl)cc(I)c1C#N. The van der Waals surface area contributed by atoms with Crippen LogP contribution < -0.4 is 0 Å². The molecule has 0 aliphatic heterocycles. The third-order valence-corrected chi connectivity index (χ3v) is 2.73. The molecule has 5 heteroatoms. The zero-order valence-electron chi connectivity index (χ0n) is 7.88. The standard InChI is InChI=1S/C10H7ClINO2/c1-2-15-10(14)7-3-6(11)4-9(12)8(7)5-13/h3-4H,2H2,1H3. The van der Waals surface area contributed by atoms with E-state index >= 15 is 0 Å². The second-order valence-corrected chi connectivity index (χ2v) is 4.24. The molecule has 0 aromatic heterocycles. The van der Waals surface area contributed by atoms with E-state index < -0.39 is 5.97 Å². The van der Waals surface area contributed by atoms with Crippen molar-refractivity contribution >= 4 is 40.2 Å². The van der Waals surface area contributed by atoms with E-state index in [1.165, 1.54) is 6.07 Å². The molecule has 0 fully saturated rings. The molecule has 0 radical (unpaired) electrons. The van der Waals surface area contributed by atoms with Gasteiger partial charge in [0.25, 0.3) is 0 Å². The Morgan fingerprint density at radius 3 is 2.87 bits per heavy atom. The summed E-state index contributed by atoms with van der Waals surface area (Å²) in [6.45, 7) is 1.98. The average Bonchev–Trinajstić information content (AvgIpc) is 2.17. The number of esters is 1.